The van der Waals surface area contributed by atoms with Gasteiger partial charge in [-0.2, -0.15) is 0 Å². The number of guanidine groups is 1. The van der Waals surface area contributed by atoms with Crippen LogP contribution in [0.5, 0.6) is 0 Å². The summed E-state index contributed by atoms with van der Waals surface area (Å²) in [6, 6.07) is 13.8. The van der Waals surface area contributed by atoms with E-state index in [-0.39, 0.29) is 31.4 Å². The normalized spacial score (nSPS) is 13.7. The molecule has 0 spiro atoms. The number of hydrogen-bond acceptors (Lipinski definition) is 5. The Morgan fingerprint density at radius 2 is 1.62 bits per heavy atom. The van der Waals surface area contributed by atoms with Gasteiger partial charge in [-0.25, -0.2) is 9.59 Å². The van der Waals surface area contributed by atoms with Crippen LogP contribution in [0.15, 0.2) is 53.5 Å². The number of nitrogens with one attached hydrogen (secondary N) is 2. The smallest absolute Gasteiger partial charge is 0.407 e. The summed E-state index contributed by atoms with van der Waals surface area (Å²) in [5, 5.41) is 14.2. The Morgan fingerprint density at radius 3 is 2.18 bits per heavy atom. The first-order chi connectivity index (χ1) is 16.3. The van der Waals surface area contributed by atoms with Gasteiger partial charge in [-0.1, -0.05) is 48.5 Å². The summed E-state index contributed by atoms with van der Waals surface area (Å²) >= 11 is 0. The number of aliphatic carboxylic acids is 1. The molecule has 0 aromatic heterocycles. The molecule has 0 radical (unpaired) electrons. The van der Waals surface area contributed by atoms with Crippen molar-refractivity contribution in [3.8, 4) is 11.1 Å². The first-order valence-electron chi connectivity index (χ1n) is 11.0. The average molecular weight is 468 g/mol. The van der Waals surface area contributed by atoms with Crippen molar-refractivity contribution in [3.05, 3.63) is 59.7 Å². The van der Waals surface area contributed by atoms with Crippen LogP contribution in [0.2, 0.25) is 0 Å². The molecule has 7 N–H and O–H groups in total. The molecule has 0 fully saturated rings. The van der Waals surface area contributed by atoms with Crippen LogP contribution in [0.25, 0.3) is 11.1 Å². The summed E-state index contributed by atoms with van der Waals surface area (Å²) in [5.74, 6) is -2.02. The number of amides is 2. The number of alkyl carbamates (subject to hydrolysis) is 1. The lowest BCUT2D eigenvalue weighted by atomic mass is 9.98. The van der Waals surface area contributed by atoms with Crippen molar-refractivity contribution in [3.63, 3.8) is 0 Å². The average Bonchev–Trinajstić information content (AvgIpc) is 3.13. The molecule has 10 heteroatoms. The van der Waals surface area contributed by atoms with E-state index in [9.17, 15) is 19.5 Å². The van der Waals surface area contributed by atoms with E-state index in [1.54, 1.807) is 0 Å². The zero-order valence-electron chi connectivity index (χ0n) is 18.9. The summed E-state index contributed by atoms with van der Waals surface area (Å²) in [5.41, 5.74) is 14.8. The summed E-state index contributed by atoms with van der Waals surface area (Å²) in [6.07, 6.45) is -0.261. The molecule has 2 amide bonds. The SMILES string of the molecule is C[C@@H](NC(=O)OCC1c2ccccc2-c2ccccc21)C(=O)N[C@H](CCCN=C(N)N)C(=O)O. The number of carbonyl (C=O) groups excluding carboxylic acids is 2. The maximum absolute atomic E-state index is 12.4. The second-order valence-corrected chi connectivity index (χ2v) is 8.04. The van der Waals surface area contributed by atoms with Crippen LogP contribution in [-0.4, -0.2) is 54.3 Å². The van der Waals surface area contributed by atoms with Crippen LogP contribution in [0.4, 0.5) is 4.79 Å². The fourth-order valence-electron chi connectivity index (χ4n) is 3.94. The molecule has 2 atom stereocenters. The largest absolute Gasteiger partial charge is 0.480 e. The minimum absolute atomic E-state index is 0.0863. The van der Waals surface area contributed by atoms with Crippen molar-refractivity contribution in [2.24, 2.45) is 16.5 Å². The molecule has 2 aromatic carbocycles. The van der Waals surface area contributed by atoms with Crippen LogP contribution in [0.3, 0.4) is 0 Å². The fourth-order valence-corrected chi connectivity index (χ4v) is 3.94. The molecule has 34 heavy (non-hydrogen) atoms. The third kappa shape index (κ3) is 6.03. The summed E-state index contributed by atoms with van der Waals surface area (Å²) in [6.45, 7) is 1.81. The lowest BCUT2D eigenvalue weighted by Gasteiger charge is -2.19. The van der Waals surface area contributed by atoms with Crippen LogP contribution >= 0.6 is 0 Å². The van der Waals surface area contributed by atoms with E-state index in [0.29, 0.717) is 6.42 Å². The Morgan fingerprint density at radius 1 is 1.03 bits per heavy atom. The van der Waals surface area contributed by atoms with Gasteiger partial charge in [0.1, 0.15) is 18.7 Å². The van der Waals surface area contributed by atoms with Crippen LogP contribution in [0.1, 0.15) is 36.8 Å². The van der Waals surface area contributed by atoms with E-state index in [1.807, 2.05) is 48.5 Å². The topological polar surface area (TPSA) is 169 Å². The Balaban J connectivity index is 1.52. The van der Waals surface area contributed by atoms with Crippen molar-refractivity contribution in [1.29, 1.82) is 0 Å². The molecule has 0 saturated heterocycles. The highest BCUT2D eigenvalue weighted by Crippen LogP contribution is 2.44. The zero-order chi connectivity index (χ0) is 24.7. The fraction of sp³-hybridized carbons (Fsp3) is 0.333. The number of carboxylic acid groups (broad SMARTS) is 1. The van der Waals surface area contributed by atoms with Crippen molar-refractivity contribution < 1.29 is 24.2 Å². The van der Waals surface area contributed by atoms with Crippen molar-refractivity contribution in [2.45, 2.75) is 37.8 Å². The molecule has 0 aliphatic heterocycles. The van der Waals surface area contributed by atoms with Gasteiger partial charge in [-0.3, -0.25) is 9.79 Å². The lowest BCUT2D eigenvalue weighted by molar-refractivity contribution is -0.142. The predicted molar refractivity (Wildman–Crippen MR) is 127 cm³/mol. The Hall–Kier alpha value is -4.08. The first-order valence-corrected chi connectivity index (χ1v) is 11.0. The van der Waals surface area contributed by atoms with E-state index in [2.05, 4.69) is 15.6 Å². The minimum atomic E-state index is -1.19. The molecule has 0 heterocycles. The van der Waals surface area contributed by atoms with Crippen LogP contribution in [-0.2, 0) is 14.3 Å². The number of fused-ring (bicyclic) bond motifs is 3. The molecule has 0 unspecified atom stereocenters. The molecule has 1 aliphatic carbocycles. The molecule has 0 bridgehead atoms. The number of carboxylic acids is 1. The Kier molecular flexibility index (Phi) is 8.07. The van der Waals surface area contributed by atoms with E-state index in [1.165, 1.54) is 6.92 Å². The monoisotopic (exact) mass is 467 g/mol. The number of nitrogens with two attached hydrogens (primary N) is 2. The summed E-state index contributed by atoms with van der Waals surface area (Å²) in [4.78, 5) is 40.0. The van der Waals surface area contributed by atoms with E-state index in [0.717, 1.165) is 22.3 Å². The van der Waals surface area contributed by atoms with E-state index in [4.69, 9.17) is 16.2 Å². The van der Waals surface area contributed by atoms with Gasteiger partial charge in [0, 0.05) is 12.5 Å². The minimum Gasteiger partial charge on any atom is -0.480 e. The predicted octanol–water partition coefficient (Wildman–Crippen LogP) is 1.54. The zero-order valence-corrected chi connectivity index (χ0v) is 18.9. The van der Waals surface area contributed by atoms with Gasteiger partial charge in [0.25, 0.3) is 0 Å². The third-order valence-electron chi connectivity index (χ3n) is 5.63. The Labute approximate surface area is 197 Å². The summed E-state index contributed by atoms with van der Waals surface area (Å²) in [7, 11) is 0. The molecule has 1 aliphatic rings. The lowest BCUT2D eigenvalue weighted by Crippen LogP contribution is -2.50. The second-order valence-electron chi connectivity index (χ2n) is 8.04. The van der Waals surface area contributed by atoms with E-state index >= 15 is 0 Å². The molecular formula is C24H29N5O5. The molecule has 0 saturated carbocycles. The number of nitrogens with zero attached hydrogens (tertiary/aromatic N) is 1. The Bertz CT molecular complexity index is 1040. The van der Waals surface area contributed by atoms with Gasteiger partial charge in [0.15, 0.2) is 5.96 Å². The maximum atomic E-state index is 12.4. The van der Waals surface area contributed by atoms with Gasteiger partial charge >= 0.3 is 12.1 Å². The van der Waals surface area contributed by atoms with E-state index < -0.39 is 30.1 Å². The van der Waals surface area contributed by atoms with Gasteiger partial charge < -0.3 is 31.9 Å². The number of hydrogen-bond donors (Lipinski definition) is 5. The standard InChI is InChI=1S/C24H29N5O5/c1-14(21(30)29-20(22(31)32)11-6-12-27-23(25)26)28-24(33)34-13-19-17-9-4-2-7-15(17)16-8-3-5-10-18(16)19/h2-5,7-10,14,19-20H,6,11-13H2,1H3,(H,28,33)(H,29,30)(H,31,32)(H4,25,26,27)/t14-,20-/m1/s1. The molecular weight excluding hydrogens is 438 g/mol. The first kappa shape index (κ1) is 24.6. The number of aliphatic imine (C=N–C) groups is 1. The summed E-state index contributed by atoms with van der Waals surface area (Å²) < 4.78 is 5.43. The van der Waals surface area contributed by atoms with Gasteiger partial charge in [0.05, 0.1) is 0 Å². The second kappa shape index (κ2) is 11.2. The number of carbonyl (C=O) groups is 3. The van der Waals surface area contributed by atoms with Gasteiger partial charge in [0.2, 0.25) is 5.91 Å². The van der Waals surface area contributed by atoms with Crippen molar-refractivity contribution in [2.75, 3.05) is 13.2 Å². The highest BCUT2D eigenvalue weighted by Gasteiger charge is 2.29. The number of ether oxygens (including phenoxy) is 1. The molecule has 2 aromatic rings. The highest BCUT2D eigenvalue weighted by atomic mass is 16.5. The van der Waals surface area contributed by atoms with Gasteiger partial charge in [-0.15, -0.1) is 0 Å². The van der Waals surface area contributed by atoms with Crippen LogP contribution < -0.4 is 22.1 Å². The molecule has 10 nitrogen and oxygen atoms in total. The molecule has 3 rings (SSSR count). The van der Waals surface area contributed by atoms with Gasteiger partial charge in [-0.05, 0) is 42.0 Å². The quantitative estimate of drug-likeness (QED) is 0.200. The highest BCUT2D eigenvalue weighted by molar-refractivity contribution is 5.89. The number of rotatable bonds is 10. The number of benzene rings is 2. The third-order valence-corrected chi connectivity index (χ3v) is 5.63. The van der Waals surface area contributed by atoms with Crippen molar-refractivity contribution in [1.82, 2.24) is 10.6 Å². The van der Waals surface area contributed by atoms with Crippen molar-refractivity contribution >= 4 is 23.9 Å². The molecule has 180 valence electrons. The van der Waals surface area contributed by atoms with Crippen LogP contribution in [0, 0.1) is 0 Å². The maximum Gasteiger partial charge on any atom is 0.407 e.